The van der Waals surface area contributed by atoms with Crippen molar-refractivity contribution in [2.45, 2.75) is 92.2 Å². The summed E-state index contributed by atoms with van der Waals surface area (Å²) in [5.41, 5.74) is 2.14. The van der Waals surface area contributed by atoms with Crippen LogP contribution in [0.2, 0.25) is 0 Å². The van der Waals surface area contributed by atoms with Crippen molar-refractivity contribution in [3.05, 3.63) is 36.4 Å². The molecular weight excluding hydrogens is 612 g/mol. The van der Waals surface area contributed by atoms with Gasteiger partial charge in [0.25, 0.3) is 11.8 Å². The summed E-state index contributed by atoms with van der Waals surface area (Å²) in [7, 11) is 3.15. The second-order valence-corrected chi connectivity index (χ2v) is 12.9. The van der Waals surface area contributed by atoms with Crippen LogP contribution in [-0.2, 0) is 22.7 Å². The summed E-state index contributed by atoms with van der Waals surface area (Å²) < 4.78 is 14.2. The third-order valence-corrected chi connectivity index (χ3v) is 8.08. The Kier molecular flexibility index (Phi) is 12.7. The highest BCUT2D eigenvalue weighted by atomic mass is 16.5. The van der Waals surface area contributed by atoms with Gasteiger partial charge in [-0.3, -0.25) is 9.59 Å². The van der Waals surface area contributed by atoms with Crippen molar-refractivity contribution >= 4 is 45.0 Å². The van der Waals surface area contributed by atoms with Gasteiger partial charge in [-0.05, 0) is 61.1 Å². The van der Waals surface area contributed by atoms with Gasteiger partial charge in [-0.25, -0.2) is 0 Å². The first-order valence-electron chi connectivity index (χ1n) is 16.7. The lowest BCUT2D eigenvalue weighted by Gasteiger charge is -2.09. The molecule has 0 aliphatic rings. The molecule has 2 N–H and O–H groups in total. The second-order valence-electron chi connectivity index (χ2n) is 12.9. The molecule has 0 atom stereocenters. The first-order chi connectivity index (χ1) is 23.0. The molecule has 0 saturated heterocycles. The standard InChI is InChI=1S/C36H48N6O6/c1-23(2)21-41-29-17-15-25(47-5)19-27(29)33(35(41)45)39-37-31(43)13-11-9-7-8-10-12-14-32(44)38-40-34-28-20-26(48-6)16-18-30(28)42(36(34)46)22-24(3)4/h15-20,23-24,45-46H,7-14,21-22H2,1-6H3. The van der Waals surface area contributed by atoms with E-state index in [9.17, 15) is 19.8 Å². The molecule has 4 rings (SSSR count). The molecule has 0 bridgehead atoms. The van der Waals surface area contributed by atoms with Crippen LogP contribution in [0, 0.1) is 11.8 Å². The Balaban J connectivity index is 1.21. The molecule has 0 fully saturated rings. The van der Waals surface area contributed by atoms with Crippen LogP contribution >= 0.6 is 0 Å². The highest BCUT2D eigenvalue weighted by molar-refractivity contribution is 5.97. The number of hydrogen-bond donors (Lipinski definition) is 2. The number of aromatic hydroxyl groups is 2. The van der Waals surface area contributed by atoms with Crippen LogP contribution < -0.4 is 9.47 Å². The van der Waals surface area contributed by atoms with E-state index in [1.54, 1.807) is 35.5 Å². The van der Waals surface area contributed by atoms with Crippen LogP contribution in [0.3, 0.4) is 0 Å². The van der Waals surface area contributed by atoms with E-state index >= 15 is 0 Å². The molecule has 2 heterocycles. The number of ether oxygens (including phenoxy) is 2. The Labute approximate surface area is 281 Å². The first-order valence-corrected chi connectivity index (χ1v) is 16.7. The summed E-state index contributed by atoms with van der Waals surface area (Å²) in [6.07, 6.45) is 5.45. The van der Waals surface area contributed by atoms with Crippen molar-refractivity contribution in [3.63, 3.8) is 0 Å². The minimum atomic E-state index is -0.338. The Morgan fingerprint density at radius 2 is 1.02 bits per heavy atom. The van der Waals surface area contributed by atoms with E-state index in [4.69, 9.17) is 9.47 Å². The van der Waals surface area contributed by atoms with Gasteiger partial charge in [-0.1, -0.05) is 53.4 Å². The number of hydrogen-bond acceptors (Lipinski definition) is 8. The Morgan fingerprint density at radius 1 is 0.646 bits per heavy atom. The van der Waals surface area contributed by atoms with Crippen molar-refractivity contribution in [2.75, 3.05) is 14.2 Å². The van der Waals surface area contributed by atoms with Gasteiger partial charge in [0.2, 0.25) is 11.8 Å². The maximum absolute atomic E-state index is 12.5. The summed E-state index contributed by atoms with van der Waals surface area (Å²) >= 11 is 0. The average Bonchev–Trinajstić information content (AvgIpc) is 3.46. The van der Waals surface area contributed by atoms with Gasteiger partial charge in [0.15, 0.2) is 11.4 Å². The van der Waals surface area contributed by atoms with Crippen molar-refractivity contribution < 1.29 is 29.3 Å². The molecular formula is C36H48N6O6. The summed E-state index contributed by atoms with van der Waals surface area (Å²) in [6, 6.07) is 11.0. The van der Waals surface area contributed by atoms with Gasteiger partial charge in [-0.2, -0.15) is 0 Å². The van der Waals surface area contributed by atoms with Gasteiger partial charge >= 0.3 is 0 Å². The van der Waals surface area contributed by atoms with Gasteiger partial charge in [0.1, 0.15) is 11.5 Å². The van der Waals surface area contributed by atoms with Crippen molar-refractivity contribution in [1.29, 1.82) is 0 Å². The number of nitrogens with zero attached hydrogens (tertiary/aromatic N) is 6. The van der Waals surface area contributed by atoms with Crippen LogP contribution in [0.25, 0.3) is 21.8 Å². The highest BCUT2D eigenvalue weighted by Gasteiger charge is 2.20. The quantitative estimate of drug-likeness (QED) is 0.0850. The van der Waals surface area contributed by atoms with Crippen LogP contribution in [0.15, 0.2) is 56.9 Å². The average molecular weight is 661 g/mol. The largest absolute Gasteiger partial charge is 0.497 e. The SMILES string of the molecule is COc1ccc2c(c1)c(N=NC(=O)CCCCCCCCC(=O)N=Nc1c(O)n(CC(C)C)c3ccc(OC)cc13)c(O)n2CC(C)C. The Morgan fingerprint density at radius 3 is 1.38 bits per heavy atom. The number of carbonyl (C=O) groups excluding carboxylic acids is 2. The monoisotopic (exact) mass is 660 g/mol. The van der Waals surface area contributed by atoms with Crippen LogP contribution in [0.1, 0.15) is 79.1 Å². The molecule has 0 radical (unpaired) electrons. The molecule has 12 heteroatoms. The van der Waals surface area contributed by atoms with Crippen LogP contribution in [0.4, 0.5) is 11.4 Å². The molecule has 2 aromatic carbocycles. The molecule has 2 aromatic heterocycles. The number of methoxy groups -OCH3 is 2. The number of fused-ring (bicyclic) bond motifs is 2. The van der Waals surface area contributed by atoms with E-state index < -0.39 is 0 Å². The fourth-order valence-corrected chi connectivity index (χ4v) is 5.73. The zero-order valence-corrected chi connectivity index (χ0v) is 28.9. The second kappa shape index (κ2) is 16.9. The molecule has 0 saturated carbocycles. The number of amides is 2. The molecule has 48 heavy (non-hydrogen) atoms. The Hall–Kier alpha value is -4.74. The molecule has 258 valence electrons. The maximum Gasteiger partial charge on any atom is 0.264 e. The number of unbranched alkanes of at least 4 members (excludes halogenated alkanes) is 5. The number of benzene rings is 2. The summed E-state index contributed by atoms with van der Waals surface area (Å²) in [4.78, 5) is 24.9. The lowest BCUT2D eigenvalue weighted by Crippen LogP contribution is -2.03. The van der Waals surface area contributed by atoms with E-state index in [1.807, 2.05) is 24.3 Å². The summed E-state index contributed by atoms with van der Waals surface area (Å²) in [6.45, 7) is 9.45. The summed E-state index contributed by atoms with van der Waals surface area (Å²) in [5.74, 6) is 1.14. The van der Waals surface area contributed by atoms with Crippen LogP contribution in [0.5, 0.6) is 23.3 Å². The zero-order valence-electron chi connectivity index (χ0n) is 28.9. The van der Waals surface area contributed by atoms with E-state index in [0.717, 1.165) is 36.7 Å². The van der Waals surface area contributed by atoms with Crippen molar-refractivity contribution in [1.82, 2.24) is 9.13 Å². The number of aromatic nitrogens is 2. The lowest BCUT2D eigenvalue weighted by molar-refractivity contribution is -0.119. The van der Waals surface area contributed by atoms with Gasteiger partial charge in [-0.15, -0.1) is 20.5 Å². The topological polar surface area (TPSA) is 152 Å². The fourth-order valence-electron chi connectivity index (χ4n) is 5.73. The highest BCUT2D eigenvalue weighted by Crippen LogP contribution is 2.42. The maximum atomic E-state index is 12.5. The van der Waals surface area contributed by atoms with E-state index in [1.165, 1.54) is 0 Å². The number of rotatable bonds is 17. The first kappa shape index (κ1) is 36.1. The van der Waals surface area contributed by atoms with Crippen molar-refractivity contribution in [2.24, 2.45) is 32.3 Å². The summed E-state index contributed by atoms with van der Waals surface area (Å²) in [5, 5.41) is 39.2. The molecule has 0 aliphatic heterocycles. The van der Waals surface area contributed by atoms with Gasteiger partial charge < -0.3 is 28.8 Å². The fraction of sp³-hybridized carbons (Fsp3) is 0.500. The third-order valence-electron chi connectivity index (χ3n) is 8.08. The molecule has 0 unspecified atom stereocenters. The molecule has 12 nitrogen and oxygen atoms in total. The normalized spacial score (nSPS) is 12.1. The van der Waals surface area contributed by atoms with Gasteiger partial charge in [0.05, 0.1) is 25.3 Å². The van der Waals surface area contributed by atoms with Gasteiger partial charge in [0, 0.05) is 36.7 Å². The Bertz CT molecular complexity index is 1650. The predicted octanol–water partition coefficient (Wildman–Crippen LogP) is 9.38. The van der Waals surface area contributed by atoms with Crippen molar-refractivity contribution in [3.8, 4) is 23.3 Å². The van der Waals surface area contributed by atoms with Crippen LogP contribution in [-0.4, -0.2) is 45.4 Å². The zero-order chi connectivity index (χ0) is 34.8. The minimum Gasteiger partial charge on any atom is -0.497 e. The smallest absolute Gasteiger partial charge is 0.264 e. The minimum absolute atomic E-state index is 0.0171. The number of azo groups is 2. The molecule has 0 aliphatic carbocycles. The van der Waals surface area contributed by atoms with E-state index in [-0.39, 0.29) is 47.8 Å². The predicted molar refractivity (Wildman–Crippen MR) is 186 cm³/mol. The molecule has 4 aromatic rings. The lowest BCUT2D eigenvalue weighted by atomic mass is 10.1. The van der Waals surface area contributed by atoms with E-state index in [2.05, 4.69) is 48.2 Å². The number of carbonyl (C=O) groups is 2. The molecule has 0 spiro atoms. The molecule has 2 amide bonds. The third kappa shape index (κ3) is 8.99. The van der Waals surface area contributed by atoms with E-state index in [0.29, 0.717) is 60.0 Å².